The van der Waals surface area contributed by atoms with Crippen LogP contribution >= 0.6 is 27.5 Å². The van der Waals surface area contributed by atoms with Crippen LogP contribution in [0.3, 0.4) is 0 Å². The molecule has 0 aliphatic carbocycles. The number of rotatable bonds is 2. The number of aliphatic hydroxyl groups is 1. The lowest BCUT2D eigenvalue weighted by Gasteiger charge is -2.09. The van der Waals surface area contributed by atoms with Gasteiger partial charge in [0.2, 0.25) is 0 Å². The van der Waals surface area contributed by atoms with E-state index in [0.717, 1.165) is 0 Å². The first-order valence-corrected chi connectivity index (χ1v) is 4.74. The van der Waals surface area contributed by atoms with Crippen LogP contribution in [0.1, 0.15) is 11.6 Å². The van der Waals surface area contributed by atoms with Gasteiger partial charge in [0.15, 0.2) is 5.82 Å². The Morgan fingerprint density at radius 3 is 2.69 bits per heavy atom. The van der Waals surface area contributed by atoms with Crippen LogP contribution in [0.25, 0.3) is 0 Å². The first-order valence-electron chi connectivity index (χ1n) is 3.57. The third kappa shape index (κ3) is 2.40. The molecule has 13 heavy (non-hydrogen) atoms. The predicted molar refractivity (Wildman–Crippen MR) is 53.1 cm³/mol. The Morgan fingerprint density at radius 1 is 1.62 bits per heavy atom. The molecule has 0 aliphatic rings. The van der Waals surface area contributed by atoms with Gasteiger partial charge in [0, 0.05) is 0 Å². The lowest BCUT2D eigenvalue weighted by Crippen LogP contribution is -2.14. The molecule has 0 spiro atoms. The highest BCUT2D eigenvalue weighted by Crippen LogP contribution is 2.27. The Balaban J connectivity index is 3.13. The van der Waals surface area contributed by atoms with Gasteiger partial charge in [0.25, 0.3) is 0 Å². The van der Waals surface area contributed by atoms with E-state index in [2.05, 4.69) is 15.9 Å². The zero-order valence-electron chi connectivity index (χ0n) is 6.60. The smallest absolute Gasteiger partial charge is 0.155 e. The monoisotopic (exact) mass is 267 g/mol. The average Bonchev–Trinajstić information content (AvgIpc) is 2.12. The second kappa shape index (κ2) is 4.37. The minimum absolute atomic E-state index is 0.00623. The average molecular weight is 269 g/mol. The number of nitrogens with two attached hydrogens (primary N) is 1. The molecule has 1 atom stereocenters. The first-order chi connectivity index (χ1) is 6.06. The van der Waals surface area contributed by atoms with Gasteiger partial charge in [-0.3, -0.25) is 0 Å². The summed E-state index contributed by atoms with van der Waals surface area (Å²) in [6.07, 6.45) is 0. The molecule has 0 radical (unpaired) electrons. The van der Waals surface area contributed by atoms with Crippen molar-refractivity contribution >= 4 is 27.5 Å². The van der Waals surface area contributed by atoms with Crippen molar-refractivity contribution in [2.24, 2.45) is 5.73 Å². The van der Waals surface area contributed by atoms with Gasteiger partial charge in [-0.05, 0) is 33.6 Å². The van der Waals surface area contributed by atoms with Crippen molar-refractivity contribution in [2.75, 3.05) is 6.61 Å². The fourth-order valence-electron chi connectivity index (χ4n) is 0.895. The Kier molecular flexibility index (Phi) is 3.67. The summed E-state index contributed by atoms with van der Waals surface area (Å²) in [5, 5.41) is 8.76. The second-order valence-electron chi connectivity index (χ2n) is 2.59. The lowest BCUT2D eigenvalue weighted by molar-refractivity contribution is 0.268. The second-order valence-corrected chi connectivity index (χ2v) is 3.85. The van der Waals surface area contributed by atoms with E-state index in [-0.39, 0.29) is 16.1 Å². The highest BCUT2D eigenvalue weighted by molar-refractivity contribution is 9.10. The summed E-state index contributed by atoms with van der Waals surface area (Å²) in [5.41, 5.74) is 6.13. The Labute approximate surface area is 88.6 Å². The van der Waals surface area contributed by atoms with Gasteiger partial charge < -0.3 is 10.8 Å². The molecule has 1 aromatic carbocycles. The molecule has 0 fully saturated rings. The Morgan fingerprint density at radius 2 is 2.23 bits per heavy atom. The van der Waals surface area contributed by atoms with E-state index in [1.807, 2.05) is 0 Å². The van der Waals surface area contributed by atoms with Crippen LogP contribution in [0.4, 0.5) is 4.39 Å². The van der Waals surface area contributed by atoms with Crippen molar-refractivity contribution in [3.63, 3.8) is 0 Å². The largest absolute Gasteiger partial charge is 0.394 e. The zero-order chi connectivity index (χ0) is 10.0. The van der Waals surface area contributed by atoms with Crippen molar-refractivity contribution in [2.45, 2.75) is 6.04 Å². The molecule has 3 N–H and O–H groups in total. The van der Waals surface area contributed by atoms with Gasteiger partial charge >= 0.3 is 0 Å². The van der Waals surface area contributed by atoms with E-state index in [9.17, 15) is 4.39 Å². The predicted octanol–water partition coefficient (Wildman–Crippen LogP) is 2.23. The fourth-order valence-corrected chi connectivity index (χ4v) is 1.71. The number of aliphatic hydroxyl groups excluding tert-OH is 1. The summed E-state index contributed by atoms with van der Waals surface area (Å²) >= 11 is 8.58. The van der Waals surface area contributed by atoms with E-state index in [1.165, 1.54) is 12.1 Å². The molecule has 0 aromatic heterocycles. The van der Waals surface area contributed by atoms with Crippen LogP contribution in [0.5, 0.6) is 0 Å². The topological polar surface area (TPSA) is 46.2 Å². The number of hydrogen-bond acceptors (Lipinski definition) is 2. The molecule has 0 saturated carbocycles. The first kappa shape index (κ1) is 10.9. The van der Waals surface area contributed by atoms with Crippen molar-refractivity contribution in [1.29, 1.82) is 0 Å². The maximum Gasteiger partial charge on any atom is 0.155 e. The number of halogens is 3. The quantitative estimate of drug-likeness (QED) is 0.808. The zero-order valence-corrected chi connectivity index (χ0v) is 8.94. The van der Waals surface area contributed by atoms with Crippen LogP contribution in [0.15, 0.2) is 16.6 Å². The summed E-state index contributed by atoms with van der Waals surface area (Å²) < 4.78 is 13.2. The van der Waals surface area contributed by atoms with E-state index in [4.69, 9.17) is 22.4 Å². The number of benzene rings is 1. The molecule has 1 rings (SSSR count). The maximum absolute atomic E-state index is 13.0. The molecule has 0 aliphatic heterocycles. The molecule has 0 saturated heterocycles. The fraction of sp³-hybridized carbons (Fsp3) is 0.250. The van der Waals surface area contributed by atoms with Gasteiger partial charge in [-0.1, -0.05) is 11.6 Å². The van der Waals surface area contributed by atoms with Gasteiger partial charge in [-0.25, -0.2) is 4.39 Å². The van der Waals surface area contributed by atoms with E-state index >= 15 is 0 Å². The van der Waals surface area contributed by atoms with Gasteiger partial charge in [-0.2, -0.15) is 0 Å². The van der Waals surface area contributed by atoms with Crippen molar-refractivity contribution in [1.82, 2.24) is 0 Å². The standard InChI is InChI=1S/C8H8BrClFNO/c9-5-1-4(7(12)3-13)2-6(10)8(5)11/h1-2,7,13H,3,12H2. The van der Waals surface area contributed by atoms with Gasteiger partial charge in [-0.15, -0.1) is 0 Å². The van der Waals surface area contributed by atoms with Gasteiger partial charge in [0.1, 0.15) is 0 Å². The van der Waals surface area contributed by atoms with Crippen LogP contribution in [-0.2, 0) is 0 Å². The summed E-state index contributed by atoms with van der Waals surface area (Å²) in [7, 11) is 0. The molecule has 1 aromatic rings. The third-order valence-corrected chi connectivity index (χ3v) is 2.48. The van der Waals surface area contributed by atoms with Gasteiger partial charge in [0.05, 0.1) is 22.1 Å². The van der Waals surface area contributed by atoms with Crippen molar-refractivity contribution < 1.29 is 9.50 Å². The molecular weight excluding hydrogens is 260 g/mol. The highest BCUT2D eigenvalue weighted by atomic mass is 79.9. The minimum Gasteiger partial charge on any atom is -0.394 e. The molecule has 1 unspecified atom stereocenters. The van der Waals surface area contributed by atoms with Crippen LogP contribution in [-0.4, -0.2) is 11.7 Å². The molecule has 2 nitrogen and oxygen atoms in total. The molecule has 0 amide bonds. The highest BCUT2D eigenvalue weighted by Gasteiger charge is 2.11. The molecular formula is C8H8BrClFNO. The SMILES string of the molecule is NC(CO)c1cc(Cl)c(F)c(Br)c1. The maximum atomic E-state index is 13.0. The lowest BCUT2D eigenvalue weighted by atomic mass is 10.1. The van der Waals surface area contributed by atoms with E-state index in [1.54, 1.807) is 0 Å². The van der Waals surface area contributed by atoms with Crippen molar-refractivity contribution in [3.05, 3.63) is 33.0 Å². The summed E-state index contributed by atoms with van der Waals surface area (Å²) in [6, 6.07) is 2.37. The van der Waals surface area contributed by atoms with E-state index in [0.29, 0.717) is 5.56 Å². The summed E-state index contributed by atoms with van der Waals surface area (Å²) in [4.78, 5) is 0. The Hall–Kier alpha value is -0.160. The third-order valence-electron chi connectivity index (χ3n) is 1.63. The molecule has 0 heterocycles. The van der Waals surface area contributed by atoms with Crippen molar-refractivity contribution in [3.8, 4) is 0 Å². The minimum atomic E-state index is -0.533. The Bertz CT molecular complexity index is 298. The van der Waals surface area contributed by atoms with Crippen LogP contribution in [0.2, 0.25) is 5.02 Å². The van der Waals surface area contributed by atoms with E-state index < -0.39 is 11.9 Å². The number of hydrogen-bond donors (Lipinski definition) is 2. The summed E-state index contributed by atoms with van der Waals surface area (Å²) in [6.45, 7) is -0.200. The van der Waals surface area contributed by atoms with Crippen LogP contribution < -0.4 is 5.73 Å². The van der Waals surface area contributed by atoms with Crippen LogP contribution in [0, 0.1) is 5.82 Å². The molecule has 72 valence electrons. The normalized spacial score (nSPS) is 13.0. The molecule has 0 bridgehead atoms. The molecule has 5 heteroatoms. The summed E-state index contributed by atoms with van der Waals surface area (Å²) in [5.74, 6) is -0.518.